The average molecular weight is 314 g/mol. The molecule has 0 aromatic rings. The van der Waals surface area contributed by atoms with E-state index in [1.807, 2.05) is 6.92 Å². The van der Waals surface area contributed by atoms with Crippen molar-refractivity contribution in [1.82, 2.24) is 0 Å². The van der Waals surface area contributed by atoms with Gasteiger partial charge in [-0.1, -0.05) is 31.6 Å². The van der Waals surface area contributed by atoms with E-state index in [-0.39, 0.29) is 16.9 Å². The van der Waals surface area contributed by atoms with E-state index in [9.17, 15) is 9.90 Å². The van der Waals surface area contributed by atoms with E-state index in [1.165, 1.54) is 12.0 Å². The molecule has 0 aliphatic heterocycles. The van der Waals surface area contributed by atoms with E-state index in [0.717, 1.165) is 44.1 Å². The van der Waals surface area contributed by atoms with Crippen molar-refractivity contribution in [2.75, 3.05) is 0 Å². The zero-order chi connectivity index (χ0) is 16.4. The molecule has 0 heterocycles. The first-order valence-corrected chi connectivity index (χ1v) is 9.47. The Kier molecular flexibility index (Phi) is 3.43. The number of carbonyl (C=O) groups excluding carboxylic acids is 1. The smallest absolute Gasteiger partial charge is 0.159 e. The number of hydrogen-bond donors (Lipinski definition) is 1. The highest BCUT2D eigenvalue weighted by molar-refractivity contribution is 5.99. The molecule has 4 aliphatic rings. The van der Waals surface area contributed by atoms with Crippen LogP contribution in [0, 0.1) is 28.6 Å². The molecule has 2 heteroatoms. The number of carbonyl (C=O) groups is 1. The summed E-state index contributed by atoms with van der Waals surface area (Å²) in [4.78, 5) is 12.5. The van der Waals surface area contributed by atoms with Crippen molar-refractivity contribution >= 4 is 5.78 Å². The quantitative estimate of drug-likeness (QED) is 0.530. The molecule has 4 aliphatic carbocycles. The van der Waals surface area contributed by atoms with Crippen molar-refractivity contribution in [2.24, 2.45) is 28.6 Å². The van der Waals surface area contributed by atoms with Crippen LogP contribution in [0.4, 0.5) is 0 Å². The number of ketones is 1. The van der Waals surface area contributed by atoms with Gasteiger partial charge in [-0.15, -0.1) is 0 Å². The van der Waals surface area contributed by atoms with Gasteiger partial charge in [-0.3, -0.25) is 4.79 Å². The summed E-state index contributed by atoms with van der Waals surface area (Å²) >= 11 is 0. The summed E-state index contributed by atoms with van der Waals surface area (Å²) in [6, 6.07) is 0. The Balaban J connectivity index is 1.71. The molecule has 0 aromatic carbocycles. The lowest BCUT2D eigenvalue weighted by atomic mass is 9.48. The molecule has 126 valence electrons. The average Bonchev–Trinajstić information content (AvgIpc) is 2.77. The highest BCUT2D eigenvalue weighted by atomic mass is 16.3. The van der Waals surface area contributed by atoms with Crippen LogP contribution in [0.15, 0.2) is 23.3 Å². The van der Waals surface area contributed by atoms with E-state index < -0.39 is 0 Å². The third kappa shape index (κ3) is 2.00. The molecule has 0 spiro atoms. The van der Waals surface area contributed by atoms with Gasteiger partial charge in [0.1, 0.15) is 0 Å². The lowest BCUT2D eigenvalue weighted by Gasteiger charge is -2.57. The summed E-state index contributed by atoms with van der Waals surface area (Å²) in [7, 11) is 0. The molecular formula is C21H30O2. The van der Waals surface area contributed by atoms with Gasteiger partial charge < -0.3 is 5.11 Å². The second kappa shape index (κ2) is 5.05. The van der Waals surface area contributed by atoms with Crippen molar-refractivity contribution in [2.45, 2.75) is 71.8 Å². The van der Waals surface area contributed by atoms with Crippen LogP contribution in [0.5, 0.6) is 0 Å². The topological polar surface area (TPSA) is 37.3 Å². The van der Waals surface area contributed by atoms with Crippen molar-refractivity contribution < 1.29 is 9.90 Å². The first-order chi connectivity index (χ1) is 10.9. The van der Waals surface area contributed by atoms with Crippen LogP contribution in [0.1, 0.15) is 65.7 Å². The van der Waals surface area contributed by atoms with Crippen LogP contribution in [0.2, 0.25) is 0 Å². The standard InChI is InChI=1S/C21H30O2/c1-4-16-19(23)12-18-15-6-5-13-11-14(22)7-9-20(13,2)17(15)8-10-21(16,18)3/h4-5,14-15,17-18,22H,6-12H2,1-3H3/b16-4+/t14?,15?,17?,18?,20?,21-/m1/s1. The van der Waals surface area contributed by atoms with E-state index >= 15 is 0 Å². The first-order valence-electron chi connectivity index (χ1n) is 9.47. The Morgan fingerprint density at radius 2 is 1.87 bits per heavy atom. The lowest BCUT2D eigenvalue weighted by molar-refractivity contribution is -0.115. The fraction of sp³-hybridized carbons (Fsp3) is 0.762. The Bertz CT molecular complexity index is 601. The van der Waals surface area contributed by atoms with Crippen LogP contribution in [0.3, 0.4) is 0 Å². The molecule has 0 bridgehead atoms. The third-order valence-electron chi connectivity index (χ3n) is 8.08. The van der Waals surface area contributed by atoms with Crippen LogP contribution in [0.25, 0.3) is 0 Å². The van der Waals surface area contributed by atoms with E-state index in [1.54, 1.807) is 0 Å². The molecule has 23 heavy (non-hydrogen) atoms. The summed E-state index contributed by atoms with van der Waals surface area (Å²) in [6.45, 7) is 6.83. The van der Waals surface area contributed by atoms with Gasteiger partial charge in [-0.05, 0) is 79.6 Å². The van der Waals surface area contributed by atoms with Gasteiger partial charge in [0.15, 0.2) is 5.78 Å². The van der Waals surface area contributed by atoms with Crippen molar-refractivity contribution in [3.63, 3.8) is 0 Å². The van der Waals surface area contributed by atoms with E-state index in [2.05, 4.69) is 26.0 Å². The predicted octanol–water partition coefficient (Wildman–Crippen LogP) is 4.44. The molecular weight excluding hydrogens is 284 g/mol. The molecule has 4 rings (SSSR count). The minimum atomic E-state index is -0.137. The Hall–Kier alpha value is -0.890. The molecule has 1 N–H and O–H groups in total. The van der Waals surface area contributed by atoms with Crippen molar-refractivity contribution in [3.05, 3.63) is 23.3 Å². The maximum Gasteiger partial charge on any atom is 0.159 e. The van der Waals surface area contributed by atoms with Gasteiger partial charge in [-0.2, -0.15) is 0 Å². The number of aliphatic hydroxyl groups is 1. The van der Waals surface area contributed by atoms with Crippen LogP contribution >= 0.6 is 0 Å². The number of hydrogen-bond acceptors (Lipinski definition) is 2. The fourth-order valence-corrected chi connectivity index (χ4v) is 6.79. The van der Waals surface area contributed by atoms with Crippen molar-refractivity contribution in [3.8, 4) is 0 Å². The maximum atomic E-state index is 12.5. The van der Waals surface area contributed by atoms with Crippen LogP contribution in [-0.2, 0) is 4.79 Å². The van der Waals surface area contributed by atoms with E-state index in [4.69, 9.17) is 0 Å². The van der Waals surface area contributed by atoms with Gasteiger partial charge in [0.25, 0.3) is 0 Å². The normalized spacial score (nSPS) is 51.0. The van der Waals surface area contributed by atoms with Gasteiger partial charge in [0.05, 0.1) is 6.10 Å². The minimum absolute atomic E-state index is 0.114. The SMILES string of the molecule is C/C=C1\C(=O)CC2C3CC=C4CC(O)CCC4(C)C3CC[C@]12C. The molecule has 0 saturated heterocycles. The van der Waals surface area contributed by atoms with Gasteiger partial charge in [-0.25, -0.2) is 0 Å². The third-order valence-corrected chi connectivity index (χ3v) is 8.08. The second-order valence-corrected chi connectivity index (χ2v) is 8.94. The monoisotopic (exact) mass is 314 g/mol. The minimum Gasteiger partial charge on any atom is -0.393 e. The summed E-state index contributed by atoms with van der Waals surface area (Å²) < 4.78 is 0. The molecule has 0 radical (unpaired) electrons. The largest absolute Gasteiger partial charge is 0.393 e. The highest BCUT2D eigenvalue weighted by Gasteiger charge is 2.59. The number of allylic oxidation sites excluding steroid dienone is 3. The van der Waals surface area contributed by atoms with Crippen molar-refractivity contribution in [1.29, 1.82) is 0 Å². The fourth-order valence-electron chi connectivity index (χ4n) is 6.79. The van der Waals surface area contributed by atoms with Gasteiger partial charge in [0, 0.05) is 6.42 Å². The highest BCUT2D eigenvalue weighted by Crippen LogP contribution is 2.65. The molecule has 6 atom stereocenters. The first kappa shape index (κ1) is 15.6. The number of Topliss-reactive ketones (excluding diaryl/α,β-unsaturated/α-hetero) is 1. The Morgan fingerprint density at radius 1 is 1.13 bits per heavy atom. The lowest BCUT2D eigenvalue weighted by Crippen LogP contribution is -2.49. The molecule has 0 aromatic heterocycles. The number of rotatable bonds is 0. The number of aliphatic hydroxyl groups excluding tert-OH is 1. The molecule has 0 amide bonds. The summed E-state index contributed by atoms with van der Waals surface area (Å²) in [5.41, 5.74) is 3.00. The molecule has 3 fully saturated rings. The molecule has 5 unspecified atom stereocenters. The summed E-state index contributed by atoms with van der Waals surface area (Å²) in [6.07, 6.45) is 11.6. The zero-order valence-electron chi connectivity index (χ0n) is 14.8. The van der Waals surface area contributed by atoms with Crippen LogP contribution in [-0.4, -0.2) is 17.0 Å². The van der Waals surface area contributed by atoms with E-state index in [0.29, 0.717) is 23.5 Å². The molecule has 2 nitrogen and oxygen atoms in total. The van der Waals surface area contributed by atoms with Crippen LogP contribution < -0.4 is 0 Å². The summed E-state index contributed by atoms with van der Waals surface area (Å²) in [5, 5.41) is 10.1. The Morgan fingerprint density at radius 3 is 2.61 bits per heavy atom. The zero-order valence-corrected chi connectivity index (χ0v) is 14.8. The predicted molar refractivity (Wildman–Crippen MR) is 91.9 cm³/mol. The van der Waals surface area contributed by atoms with Gasteiger partial charge >= 0.3 is 0 Å². The number of fused-ring (bicyclic) bond motifs is 5. The van der Waals surface area contributed by atoms with Gasteiger partial charge in [0.2, 0.25) is 0 Å². The molecule has 3 saturated carbocycles. The summed E-state index contributed by atoms with van der Waals surface area (Å²) in [5.74, 6) is 2.29. The second-order valence-electron chi connectivity index (χ2n) is 8.94. The Labute approximate surface area is 140 Å². The maximum absolute atomic E-state index is 12.5.